The fraction of sp³-hybridized carbons (Fsp3) is 0.500. The van der Waals surface area contributed by atoms with Crippen molar-refractivity contribution in [1.29, 1.82) is 5.26 Å². The molecule has 0 saturated heterocycles. The third-order valence-electron chi connectivity index (χ3n) is 2.57. The van der Waals surface area contributed by atoms with Gasteiger partial charge in [0.25, 0.3) is 0 Å². The Labute approximate surface area is 83.0 Å². The topological polar surface area (TPSA) is 61.6 Å². The van der Waals surface area contributed by atoms with Crippen molar-refractivity contribution in [1.82, 2.24) is 9.97 Å². The number of nitrogens with one attached hydrogen (secondary N) is 1. The zero-order valence-electron chi connectivity index (χ0n) is 7.90. The fourth-order valence-corrected chi connectivity index (χ4v) is 1.50. The smallest absolute Gasteiger partial charge is 0.223 e. The van der Waals surface area contributed by atoms with Gasteiger partial charge in [-0.25, -0.2) is 9.97 Å². The standard InChI is InChI=1S/C10H12N4/c11-4-5-12-10-13-6-9(7-14-10)8-2-1-3-8/h6-8H,1-3,5H2,(H,12,13,14). The molecule has 1 N–H and O–H groups in total. The molecule has 4 nitrogen and oxygen atoms in total. The first-order chi connectivity index (χ1) is 6.90. The van der Waals surface area contributed by atoms with Gasteiger partial charge < -0.3 is 5.32 Å². The quantitative estimate of drug-likeness (QED) is 0.733. The van der Waals surface area contributed by atoms with Crippen molar-refractivity contribution in [3.8, 4) is 6.07 Å². The van der Waals surface area contributed by atoms with Crippen LogP contribution in [-0.4, -0.2) is 16.5 Å². The average molecular weight is 188 g/mol. The summed E-state index contributed by atoms with van der Waals surface area (Å²) in [5.41, 5.74) is 1.22. The summed E-state index contributed by atoms with van der Waals surface area (Å²) in [7, 11) is 0. The molecule has 0 aromatic carbocycles. The molecule has 0 bridgehead atoms. The molecule has 0 unspecified atom stereocenters. The van der Waals surface area contributed by atoms with Crippen molar-refractivity contribution in [2.45, 2.75) is 25.2 Å². The van der Waals surface area contributed by atoms with E-state index in [2.05, 4.69) is 15.3 Å². The Morgan fingerprint density at radius 3 is 2.64 bits per heavy atom. The van der Waals surface area contributed by atoms with Crippen molar-refractivity contribution in [3.05, 3.63) is 18.0 Å². The predicted octanol–water partition coefficient (Wildman–Crippen LogP) is 1.68. The first-order valence-electron chi connectivity index (χ1n) is 4.83. The van der Waals surface area contributed by atoms with Gasteiger partial charge in [-0.1, -0.05) is 6.42 Å². The van der Waals surface area contributed by atoms with Crippen molar-refractivity contribution in [2.24, 2.45) is 0 Å². The highest BCUT2D eigenvalue weighted by Crippen LogP contribution is 2.35. The Kier molecular flexibility index (Phi) is 2.59. The van der Waals surface area contributed by atoms with Crippen LogP contribution in [0.5, 0.6) is 0 Å². The Morgan fingerprint density at radius 2 is 2.14 bits per heavy atom. The molecule has 1 fully saturated rings. The maximum Gasteiger partial charge on any atom is 0.223 e. The molecule has 1 aliphatic rings. The van der Waals surface area contributed by atoms with Gasteiger partial charge in [0.05, 0.1) is 6.07 Å². The van der Waals surface area contributed by atoms with Crippen LogP contribution in [0.4, 0.5) is 5.95 Å². The van der Waals surface area contributed by atoms with Crippen LogP contribution < -0.4 is 5.32 Å². The highest BCUT2D eigenvalue weighted by atomic mass is 15.1. The number of rotatable bonds is 3. The summed E-state index contributed by atoms with van der Waals surface area (Å²) in [6.45, 7) is 0.253. The van der Waals surface area contributed by atoms with E-state index in [1.807, 2.05) is 18.5 Å². The molecular formula is C10H12N4. The van der Waals surface area contributed by atoms with Gasteiger partial charge in [0.2, 0.25) is 5.95 Å². The van der Waals surface area contributed by atoms with Gasteiger partial charge >= 0.3 is 0 Å². The maximum absolute atomic E-state index is 8.35. The molecule has 0 atom stereocenters. The van der Waals surface area contributed by atoms with Crippen molar-refractivity contribution >= 4 is 5.95 Å². The third kappa shape index (κ3) is 1.82. The van der Waals surface area contributed by atoms with E-state index >= 15 is 0 Å². The van der Waals surface area contributed by atoms with E-state index in [4.69, 9.17) is 5.26 Å². The summed E-state index contributed by atoms with van der Waals surface area (Å²) in [5.74, 6) is 1.20. The molecule has 1 saturated carbocycles. The number of hydrogen-bond acceptors (Lipinski definition) is 4. The normalized spacial score (nSPS) is 15.6. The van der Waals surface area contributed by atoms with Gasteiger partial charge in [-0.2, -0.15) is 5.26 Å². The molecule has 72 valence electrons. The van der Waals surface area contributed by atoms with E-state index in [1.54, 1.807) is 0 Å². The Balaban J connectivity index is 1.99. The van der Waals surface area contributed by atoms with E-state index < -0.39 is 0 Å². The summed E-state index contributed by atoms with van der Waals surface area (Å²) in [6.07, 6.45) is 7.55. The molecule has 1 heterocycles. The number of anilines is 1. The third-order valence-corrected chi connectivity index (χ3v) is 2.57. The maximum atomic E-state index is 8.35. The van der Waals surface area contributed by atoms with Crippen LogP contribution in [0.25, 0.3) is 0 Å². The lowest BCUT2D eigenvalue weighted by Crippen LogP contribution is -2.10. The molecular weight excluding hydrogens is 176 g/mol. The van der Waals surface area contributed by atoms with Crippen molar-refractivity contribution in [3.63, 3.8) is 0 Å². The summed E-state index contributed by atoms with van der Waals surface area (Å²) in [6, 6.07) is 1.98. The lowest BCUT2D eigenvalue weighted by molar-refractivity contribution is 0.418. The van der Waals surface area contributed by atoms with Gasteiger partial charge in [0, 0.05) is 12.4 Å². The van der Waals surface area contributed by atoms with Crippen LogP contribution in [0.2, 0.25) is 0 Å². The predicted molar refractivity (Wildman–Crippen MR) is 52.7 cm³/mol. The van der Waals surface area contributed by atoms with E-state index in [9.17, 15) is 0 Å². The lowest BCUT2D eigenvalue weighted by Gasteiger charge is -2.24. The number of nitrogens with zero attached hydrogens (tertiary/aromatic N) is 3. The molecule has 14 heavy (non-hydrogen) atoms. The second-order valence-corrected chi connectivity index (χ2v) is 3.48. The molecule has 0 amide bonds. The Morgan fingerprint density at radius 1 is 1.43 bits per heavy atom. The average Bonchev–Trinajstić information content (AvgIpc) is 2.14. The molecule has 4 heteroatoms. The van der Waals surface area contributed by atoms with Crippen LogP contribution >= 0.6 is 0 Å². The molecule has 1 aromatic heterocycles. The summed E-state index contributed by atoms with van der Waals surface area (Å²) in [5, 5.41) is 11.2. The van der Waals surface area contributed by atoms with Crippen molar-refractivity contribution in [2.75, 3.05) is 11.9 Å². The van der Waals surface area contributed by atoms with E-state index in [1.165, 1.54) is 24.8 Å². The SMILES string of the molecule is N#CCNc1ncc(C2CCC2)cn1. The van der Waals surface area contributed by atoms with E-state index in [0.29, 0.717) is 11.9 Å². The minimum absolute atomic E-state index is 0.253. The zero-order chi connectivity index (χ0) is 9.80. The Hall–Kier alpha value is -1.63. The van der Waals surface area contributed by atoms with Gasteiger partial charge in [-0.3, -0.25) is 0 Å². The molecule has 1 aliphatic carbocycles. The van der Waals surface area contributed by atoms with Crippen LogP contribution in [0.3, 0.4) is 0 Å². The highest BCUT2D eigenvalue weighted by molar-refractivity contribution is 5.27. The Bertz CT molecular complexity index is 334. The molecule has 0 spiro atoms. The van der Waals surface area contributed by atoms with Crippen LogP contribution in [0.1, 0.15) is 30.7 Å². The number of nitriles is 1. The number of aromatic nitrogens is 2. The van der Waals surface area contributed by atoms with Gasteiger partial charge in [0.1, 0.15) is 6.54 Å². The van der Waals surface area contributed by atoms with E-state index in [0.717, 1.165) is 0 Å². The highest BCUT2D eigenvalue weighted by Gasteiger charge is 2.19. The number of hydrogen-bond donors (Lipinski definition) is 1. The molecule has 0 aliphatic heterocycles. The van der Waals surface area contributed by atoms with Crippen LogP contribution in [-0.2, 0) is 0 Å². The second kappa shape index (κ2) is 4.05. The second-order valence-electron chi connectivity index (χ2n) is 3.48. The van der Waals surface area contributed by atoms with Gasteiger partial charge in [-0.05, 0) is 24.3 Å². The molecule has 2 rings (SSSR count). The minimum Gasteiger partial charge on any atom is -0.341 e. The van der Waals surface area contributed by atoms with Gasteiger partial charge in [-0.15, -0.1) is 0 Å². The first kappa shape index (κ1) is 8.95. The van der Waals surface area contributed by atoms with Gasteiger partial charge in [0.15, 0.2) is 0 Å². The van der Waals surface area contributed by atoms with Crippen LogP contribution in [0, 0.1) is 11.3 Å². The lowest BCUT2D eigenvalue weighted by atomic mass is 9.81. The first-order valence-corrected chi connectivity index (χ1v) is 4.83. The summed E-state index contributed by atoms with van der Waals surface area (Å²) in [4.78, 5) is 8.29. The largest absolute Gasteiger partial charge is 0.341 e. The zero-order valence-corrected chi connectivity index (χ0v) is 7.90. The van der Waals surface area contributed by atoms with Crippen molar-refractivity contribution < 1.29 is 0 Å². The summed E-state index contributed by atoms with van der Waals surface area (Å²) >= 11 is 0. The molecule has 1 aromatic rings. The van der Waals surface area contributed by atoms with E-state index in [-0.39, 0.29) is 6.54 Å². The minimum atomic E-state index is 0.253. The summed E-state index contributed by atoms with van der Waals surface area (Å²) < 4.78 is 0. The fourth-order valence-electron chi connectivity index (χ4n) is 1.50. The monoisotopic (exact) mass is 188 g/mol. The molecule has 0 radical (unpaired) electrons. The van der Waals surface area contributed by atoms with Crippen LogP contribution in [0.15, 0.2) is 12.4 Å².